The summed E-state index contributed by atoms with van der Waals surface area (Å²) in [4.78, 5) is 19.7. The van der Waals surface area contributed by atoms with Crippen LogP contribution in [0.25, 0.3) is 0 Å². The average Bonchev–Trinajstić information content (AvgIpc) is 2.90. The Balaban J connectivity index is 1.46. The van der Waals surface area contributed by atoms with Gasteiger partial charge in [-0.3, -0.25) is 14.6 Å². The summed E-state index contributed by atoms with van der Waals surface area (Å²) in [5.41, 5.74) is 2.25. The maximum atomic E-state index is 13.7. The van der Waals surface area contributed by atoms with Crippen molar-refractivity contribution in [2.24, 2.45) is 0 Å². The van der Waals surface area contributed by atoms with E-state index in [2.05, 4.69) is 33.8 Å². The molecule has 2 fully saturated rings. The van der Waals surface area contributed by atoms with Crippen LogP contribution in [0.1, 0.15) is 39.0 Å². The van der Waals surface area contributed by atoms with E-state index in [-0.39, 0.29) is 11.6 Å². The van der Waals surface area contributed by atoms with Gasteiger partial charge in [-0.1, -0.05) is 36.3 Å². The molecule has 0 spiro atoms. The number of carbonyl (C=O) groups is 1. The lowest BCUT2D eigenvalue weighted by molar-refractivity contribution is -0.138. The van der Waals surface area contributed by atoms with Crippen molar-refractivity contribution >= 4 is 5.91 Å². The first-order valence-electron chi connectivity index (χ1n) is 13.2. The predicted molar refractivity (Wildman–Crippen MR) is 142 cm³/mol. The minimum atomic E-state index is -4.59. The fourth-order valence-electron chi connectivity index (χ4n) is 5.07. The van der Waals surface area contributed by atoms with E-state index in [4.69, 9.17) is 4.74 Å². The quantitative estimate of drug-likeness (QED) is 0.522. The number of hydrogen-bond donors (Lipinski definition) is 0. The zero-order valence-corrected chi connectivity index (χ0v) is 22.2. The van der Waals surface area contributed by atoms with Crippen LogP contribution in [0.2, 0.25) is 0 Å². The molecule has 0 saturated carbocycles. The van der Waals surface area contributed by atoms with Gasteiger partial charge in [-0.05, 0) is 49.1 Å². The van der Waals surface area contributed by atoms with E-state index in [9.17, 15) is 18.0 Å². The molecule has 2 heterocycles. The van der Waals surface area contributed by atoms with Crippen LogP contribution < -0.4 is 0 Å². The zero-order chi connectivity index (χ0) is 27.1. The Morgan fingerprint density at radius 3 is 2.47 bits per heavy atom. The Kier molecular flexibility index (Phi) is 9.48. The number of piperazine rings is 1. The number of aryl methyl sites for hydroxylation is 2. The molecule has 0 N–H and O–H groups in total. The number of halogens is 3. The number of carbonyl (C=O) groups excluding carboxylic acids is 1. The second-order valence-corrected chi connectivity index (χ2v) is 10.1. The molecule has 8 heteroatoms. The molecule has 1 unspecified atom stereocenters. The molecule has 2 aliphatic rings. The largest absolute Gasteiger partial charge is 0.417 e. The second-order valence-electron chi connectivity index (χ2n) is 10.1. The van der Waals surface area contributed by atoms with Gasteiger partial charge in [0.2, 0.25) is 0 Å². The Morgan fingerprint density at radius 1 is 0.974 bits per heavy atom. The SMILES string of the molecule is Cc1ccc(CC2CN(CCC#CCN3CCOCC3)CCN2C(=O)c2ccccc2C(F)(F)F)cc1C. The summed E-state index contributed by atoms with van der Waals surface area (Å²) in [5.74, 6) is 5.95. The number of hydrogen-bond acceptors (Lipinski definition) is 4. The van der Waals surface area contributed by atoms with Gasteiger partial charge in [0.25, 0.3) is 5.91 Å². The molecule has 5 nitrogen and oxygen atoms in total. The van der Waals surface area contributed by atoms with E-state index in [0.717, 1.165) is 56.6 Å². The molecule has 0 aromatic heterocycles. The van der Waals surface area contributed by atoms with Crippen molar-refractivity contribution < 1.29 is 22.7 Å². The molecule has 38 heavy (non-hydrogen) atoms. The van der Waals surface area contributed by atoms with E-state index < -0.39 is 17.6 Å². The Hall–Kier alpha value is -2.86. The highest BCUT2D eigenvalue weighted by Gasteiger charge is 2.38. The number of alkyl halides is 3. The van der Waals surface area contributed by atoms with Crippen molar-refractivity contribution in [3.8, 4) is 11.8 Å². The maximum Gasteiger partial charge on any atom is 0.417 e. The van der Waals surface area contributed by atoms with Crippen molar-refractivity contribution in [1.82, 2.24) is 14.7 Å². The summed E-state index contributed by atoms with van der Waals surface area (Å²) < 4.78 is 46.4. The van der Waals surface area contributed by atoms with Crippen molar-refractivity contribution in [2.45, 2.75) is 38.9 Å². The Morgan fingerprint density at radius 2 is 1.74 bits per heavy atom. The van der Waals surface area contributed by atoms with E-state index in [1.807, 2.05) is 19.9 Å². The molecule has 2 saturated heterocycles. The molecule has 2 aromatic carbocycles. The summed E-state index contributed by atoms with van der Waals surface area (Å²) >= 11 is 0. The van der Waals surface area contributed by atoms with Gasteiger partial charge < -0.3 is 9.64 Å². The number of benzene rings is 2. The van der Waals surface area contributed by atoms with Crippen LogP contribution in [-0.2, 0) is 17.3 Å². The van der Waals surface area contributed by atoms with Gasteiger partial charge in [0.05, 0.1) is 30.9 Å². The molecule has 0 radical (unpaired) electrons. The lowest BCUT2D eigenvalue weighted by Gasteiger charge is -2.42. The van der Waals surface area contributed by atoms with E-state index in [1.165, 1.54) is 23.8 Å². The third-order valence-electron chi connectivity index (χ3n) is 7.42. The number of nitrogens with zero attached hydrogens (tertiary/aromatic N) is 3. The molecular formula is C30H36F3N3O2. The molecule has 4 rings (SSSR count). The van der Waals surface area contributed by atoms with E-state index >= 15 is 0 Å². The highest BCUT2D eigenvalue weighted by Crippen LogP contribution is 2.33. The summed E-state index contributed by atoms with van der Waals surface area (Å²) in [6, 6.07) is 11.1. The lowest BCUT2D eigenvalue weighted by atomic mass is 9.97. The molecule has 1 amide bonds. The fraction of sp³-hybridized carbons (Fsp3) is 0.500. The molecule has 204 valence electrons. The van der Waals surface area contributed by atoms with Crippen LogP contribution in [0.15, 0.2) is 42.5 Å². The molecule has 0 bridgehead atoms. The fourth-order valence-corrected chi connectivity index (χ4v) is 5.07. The first-order valence-corrected chi connectivity index (χ1v) is 13.2. The highest BCUT2D eigenvalue weighted by atomic mass is 19.4. The van der Waals surface area contributed by atoms with Crippen LogP contribution in [0.5, 0.6) is 0 Å². The van der Waals surface area contributed by atoms with Crippen LogP contribution in [-0.4, -0.2) is 85.7 Å². The van der Waals surface area contributed by atoms with E-state index in [0.29, 0.717) is 32.5 Å². The van der Waals surface area contributed by atoms with E-state index in [1.54, 1.807) is 4.90 Å². The summed E-state index contributed by atoms with van der Waals surface area (Å²) in [6.07, 6.45) is -3.29. The third kappa shape index (κ3) is 7.37. The minimum Gasteiger partial charge on any atom is -0.379 e. The number of morpholine rings is 1. The van der Waals surface area contributed by atoms with Gasteiger partial charge in [-0.25, -0.2) is 0 Å². The Labute approximate surface area is 223 Å². The van der Waals surface area contributed by atoms with Gasteiger partial charge in [-0.2, -0.15) is 13.2 Å². The van der Waals surface area contributed by atoms with Gasteiger partial charge >= 0.3 is 6.18 Å². The van der Waals surface area contributed by atoms with Crippen LogP contribution in [0.4, 0.5) is 13.2 Å². The van der Waals surface area contributed by atoms with Crippen molar-refractivity contribution in [3.63, 3.8) is 0 Å². The highest BCUT2D eigenvalue weighted by molar-refractivity contribution is 5.96. The topological polar surface area (TPSA) is 36.0 Å². The average molecular weight is 528 g/mol. The summed E-state index contributed by atoms with van der Waals surface area (Å²) in [6.45, 7) is 10.5. The predicted octanol–water partition coefficient (Wildman–Crippen LogP) is 4.42. The van der Waals surface area contributed by atoms with Crippen LogP contribution >= 0.6 is 0 Å². The standard InChI is InChI=1S/C30H36F3N3O2/c1-23-10-11-25(20-24(23)2)21-26-22-35(13-7-3-6-12-34-16-18-38-19-17-34)14-15-36(26)29(37)27-8-4-5-9-28(27)30(31,32)33/h4-5,8-11,20,26H,7,12-19,21-22H2,1-2H3. The van der Waals surface area contributed by atoms with Crippen LogP contribution in [0.3, 0.4) is 0 Å². The normalized spacial score (nSPS) is 19.2. The number of ether oxygens (including phenoxy) is 1. The van der Waals surface area contributed by atoms with Gasteiger partial charge in [0.15, 0.2) is 0 Å². The van der Waals surface area contributed by atoms with Gasteiger partial charge in [0, 0.05) is 51.7 Å². The lowest BCUT2D eigenvalue weighted by Crippen LogP contribution is -2.56. The monoisotopic (exact) mass is 527 g/mol. The molecule has 2 aliphatic heterocycles. The minimum absolute atomic E-state index is 0.235. The third-order valence-corrected chi connectivity index (χ3v) is 7.42. The summed E-state index contributed by atoms with van der Waals surface area (Å²) in [5, 5.41) is 0. The molecular weight excluding hydrogens is 491 g/mol. The zero-order valence-electron chi connectivity index (χ0n) is 22.2. The summed E-state index contributed by atoms with van der Waals surface area (Å²) in [7, 11) is 0. The smallest absolute Gasteiger partial charge is 0.379 e. The first kappa shape index (κ1) is 28.2. The first-order chi connectivity index (χ1) is 18.2. The van der Waals surface area contributed by atoms with Gasteiger partial charge in [-0.15, -0.1) is 5.92 Å². The van der Waals surface area contributed by atoms with Crippen LogP contribution in [0, 0.1) is 25.7 Å². The van der Waals surface area contributed by atoms with Crippen molar-refractivity contribution in [1.29, 1.82) is 0 Å². The molecule has 2 aromatic rings. The van der Waals surface area contributed by atoms with Crippen molar-refractivity contribution in [3.05, 3.63) is 70.3 Å². The molecule has 0 aliphatic carbocycles. The maximum absolute atomic E-state index is 13.7. The van der Waals surface area contributed by atoms with Crippen molar-refractivity contribution in [2.75, 3.05) is 59.0 Å². The number of rotatable bonds is 6. The van der Waals surface area contributed by atoms with Gasteiger partial charge in [0.1, 0.15) is 0 Å². The molecule has 1 atom stereocenters. The number of amides is 1. The second kappa shape index (κ2) is 12.8. The Bertz CT molecular complexity index is 1170.